The second-order valence-electron chi connectivity index (χ2n) is 31.9. The van der Waals surface area contributed by atoms with Gasteiger partial charge in [-0.2, -0.15) is 31.2 Å². The van der Waals surface area contributed by atoms with Gasteiger partial charge in [0.2, 0.25) is 54.4 Å². The summed E-state index contributed by atoms with van der Waals surface area (Å²) in [5, 5.41) is 25.0. The maximum Gasteiger partial charge on any atom is 0.336 e. The molecule has 3 aliphatic rings. The Kier molecular flexibility index (Phi) is 37.7. The Bertz CT molecular complexity index is 4510. The van der Waals surface area contributed by atoms with Crippen LogP contribution in [0.4, 0.5) is 22.7 Å². The summed E-state index contributed by atoms with van der Waals surface area (Å²) < 4.78 is 8.57. The lowest BCUT2D eigenvalue weighted by atomic mass is 9.62. The Morgan fingerprint density at radius 3 is 1.58 bits per heavy atom. The van der Waals surface area contributed by atoms with Crippen LogP contribution in [0.15, 0.2) is 104 Å². The first-order chi connectivity index (χ1) is 53.5. The van der Waals surface area contributed by atoms with Gasteiger partial charge < -0.3 is 9.57 Å². The summed E-state index contributed by atoms with van der Waals surface area (Å²) >= 11 is 0. The standard InChI is InChI=1S/C36H57N5O5.C23H26N4O6.C10H10N4O5.C10H12N2O3/c1-11-34(8)14-12-32(4,5)26(18-34)40-28(44)39(25-16-31(2,3)20-36(10,17-25)22-38-24-43)29(45)41(30(40)46)27-19-35(9,21-37-23-42)15-13-33(27,6)7;1-4-17(10-23(30)32-27-19-8-6-16(3)22(11-19)25-14-29)20(12-26-33-31)18-7-5-15(2)21(9-18)24-13-28;11-5-19-8-14(9(17)1-3-12-6-15)10(18)2-4-13-7-16;1-8-2-3-9(4-5-12-15-14)6-10(8)11-7-13/h25-27H,11-22H2,1-10H3;5-9,11,17,20,26-27,31H,4,10,12H2,1-3H3;1-4,8H2;2-3,6,12,14H,4-5H2,1H3. The molecule has 1 heterocycles. The van der Waals surface area contributed by atoms with Crippen LogP contribution in [0.25, 0.3) is 0 Å². The Labute approximate surface area is 655 Å². The zero-order valence-corrected chi connectivity index (χ0v) is 66.8. The maximum absolute atomic E-state index is 14.9. The topological polar surface area (TPSA) is 464 Å². The lowest BCUT2D eigenvalue weighted by Crippen LogP contribution is -2.62. The van der Waals surface area contributed by atoms with E-state index >= 15 is 0 Å². The molecule has 1 aromatic heterocycles. The quantitative estimate of drug-likeness (QED) is 0.00562. The number of carbonyl (C=O) groups excluding carboxylic acids is 10. The molecule has 2 amide bonds. The third-order valence-electron chi connectivity index (χ3n) is 21.7. The van der Waals surface area contributed by atoms with E-state index in [2.05, 4.69) is 135 Å². The average Bonchev–Trinajstić information content (AvgIpc) is 0.719. The molecule has 113 heavy (non-hydrogen) atoms. The third kappa shape index (κ3) is 28.1. The summed E-state index contributed by atoms with van der Waals surface area (Å²) in [6, 6.07) is 14.7. The third-order valence-corrected chi connectivity index (χ3v) is 21.7. The summed E-state index contributed by atoms with van der Waals surface area (Å²) in [5.74, 6) is -2.27. The van der Waals surface area contributed by atoms with Crippen molar-refractivity contribution >= 4 is 83.1 Å². The van der Waals surface area contributed by atoms with Crippen LogP contribution in [0.5, 0.6) is 0 Å². The number of hydrogen-bond acceptors (Lipinski definition) is 30. The number of aryl methyl sites for hydroxylation is 3. The van der Waals surface area contributed by atoms with Crippen molar-refractivity contribution < 1.29 is 78.0 Å². The van der Waals surface area contributed by atoms with Gasteiger partial charge in [-0.05, 0) is 175 Å². The van der Waals surface area contributed by atoms with Gasteiger partial charge in [-0.15, -0.1) is 9.98 Å². The number of nitriles is 1. The highest BCUT2D eigenvalue weighted by molar-refractivity contribution is 5.95. The number of carbonyl (C=O) groups is 3. The van der Waals surface area contributed by atoms with Crippen LogP contribution in [0, 0.1) is 70.7 Å². The number of nitrogens with one attached hydrogen (secondary N) is 3. The van der Waals surface area contributed by atoms with Crippen LogP contribution in [0.2, 0.25) is 0 Å². The van der Waals surface area contributed by atoms with E-state index in [-0.39, 0.29) is 86.1 Å². The predicted octanol–water partition coefficient (Wildman–Crippen LogP) is 11.6. The van der Waals surface area contributed by atoms with E-state index in [1.807, 2.05) is 45.0 Å². The summed E-state index contributed by atoms with van der Waals surface area (Å²) in [4.78, 5) is 193. The van der Waals surface area contributed by atoms with Gasteiger partial charge in [0.05, 0.1) is 55.3 Å². The van der Waals surface area contributed by atoms with Crippen LogP contribution >= 0.6 is 0 Å². The smallest absolute Gasteiger partial charge is 0.336 e. The summed E-state index contributed by atoms with van der Waals surface area (Å²) in [6.07, 6.45) is 20.0. The maximum atomic E-state index is 14.9. The molecule has 3 fully saturated rings. The van der Waals surface area contributed by atoms with Crippen LogP contribution < -0.4 is 33.5 Å². The number of anilines is 1. The van der Waals surface area contributed by atoms with E-state index in [9.17, 15) is 62.3 Å². The number of imide groups is 1. The molecule has 0 saturated heterocycles. The highest BCUT2D eigenvalue weighted by Gasteiger charge is 2.50. The number of rotatable bonds is 33. The number of nitrogens with zero attached hydrogens (tertiary/aromatic N) is 12. The molecule has 0 spiro atoms. The molecule has 3 aliphatic carbocycles. The van der Waals surface area contributed by atoms with Gasteiger partial charge in [-0.1, -0.05) is 119 Å². The van der Waals surface area contributed by atoms with Crippen molar-refractivity contribution in [3.05, 3.63) is 114 Å². The minimum atomic E-state index is -0.658. The molecule has 0 bridgehead atoms. The van der Waals surface area contributed by atoms with Crippen molar-refractivity contribution in [1.82, 2.24) is 29.6 Å². The molecular formula is C79H105N15O19. The van der Waals surface area contributed by atoms with Gasteiger partial charge in [0.15, 0.2) is 6.73 Å². The monoisotopic (exact) mass is 1570 g/mol. The molecule has 8 unspecified atom stereocenters. The van der Waals surface area contributed by atoms with Crippen molar-refractivity contribution in [2.24, 2.45) is 73.4 Å². The number of hydrogen-bond donors (Lipinski definition) is 5. The van der Waals surface area contributed by atoms with Gasteiger partial charge in [0, 0.05) is 50.0 Å². The normalized spacial score (nSPS) is 20.5. The summed E-state index contributed by atoms with van der Waals surface area (Å²) in [6.45, 7) is 29.0. The van der Waals surface area contributed by atoms with Crippen molar-refractivity contribution in [2.45, 2.75) is 217 Å². The number of aromatic nitrogens is 3. The Hall–Kier alpha value is -10.8. The van der Waals surface area contributed by atoms with E-state index in [4.69, 9.17) is 20.6 Å². The highest BCUT2D eigenvalue weighted by atomic mass is 17.2. The van der Waals surface area contributed by atoms with E-state index < -0.39 is 69.9 Å². The predicted molar refractivity (Wildman–Crippen MR) is 413 cm³/mol. The summed E-state index contributed by atoms with van der Waals surface area (Å²) in [7, 11) is 0. The lowest BCUT2D eigenvalue weighted by molar-refractivity contribution is -0.292. The van der Waals surface area contributed by atoms with E-state index in [1.54, 1.807) is 55.5 Å². The van der Waals surface area contributed by atoms with Crippen molar-refractivity contribution in [2.75, 3.05) is 51.5 Å². The van der Waals surface area contributed by atoms with Crippen molar-refractivity contribution in [1.29, 1.82) is 5.26 Å². The van der Waals surface area contributed by atoms with Crippen LogP contribution in [-0.2, 0) is 73.9 Å². The SMILES string of the molecule is CCC(CC(=O)ONc1ccc(C)c(N=C=O)c1)C(CNOO)c1ccc(C)c(N=C=O)c1.CCC1(C)CCC(C)(C)C(n2c(=O)n(C3CC(C)(C)CC(C)(CN=C=O)C3)c(=O)n(C3CC(C)(CN=C=O)CCC3(C)C)c2=O)C1.Cc1ccc(CCNOO)cc1N=C=O.N#COCN(C(=O)CCN=C=O)C(=O)CCN=C=O. The molecule has 610 valence electrons. The van der Waals surface area contributed by atoms with E-state index in [1.165, 1.54) is 44.3 Å². The molecular weight excluding hydrogens is 1460 g/mol. The Morgan fingerprint density at radius 1 is 0.593 bits per heavy atom. The number of benzene rings is 3. The number of aliphatic imine (C=N–C) groups is 7. The molecule has 8 atom stereocenters. The first kappa shape index (κ1) is 94.6. The summed E-state index contributed by atoms with van der Waals surface area (Å²) in [5.41, 5.74) is 10.1. The van der Waals surface area contributed by atoms with Crippen LogP contribution in [0.1, 0.15) is 218 Å². The first-order valence-corrected chi connectivity index (χ1v) is 37.1. The largest absolute Gasteiger partial charge is 0.405 e. The zero-order valence-electron chi connectivity index (χ0n) is 66.8. The van der Waals surface area contributed by atoms with E-state index in [0.29, 0.717) is 72.7 Å². The minimum Gasteiger partial charge on any atom is -0.405 e. The molecule has 34 heteroatoms. The fraction of sp³-hybridized carbons (Fsp3) is 0.595. The number of amides is 2. The second-order valence-corrected chi connectivity index (χ2v) is 31.9. The Morgan fingerprint density at radius 2 is 1.08 bits per heavy atom. The number of isocyanates is 7. The zero-order chi connectivity index (χ0) is 84.3. The highest BCUT2D eigenvalue weighted by Crippen LogP contribution is 2.54. The molecule has 0 radical (unpaired) electrons. The minimum absolute atomic E-state index is 0.0361. The average molecular weight is 1570 g/mol. The van der Waals surface area contributed by atoms with Crippen molar-refractivity contribution in [3.63, 3.8) is 0 Å². The fourth-order valence-corrected chi connectivity index (χ4v) is 15.1. The molecule has 4 aromatic rings. The van der Waals surface area contributed by atoms with Gasteiger partial charge in [-0.25, -0.2) is 107 Å². The van der Waals surface area contributed by atoms with Crippen LogP contribution in [0.3, 0.4) is 0 Å². The molecule has 5 N–H and O–H groups in total. The second kappa shape index (κ2) is 45.0. The van der Waals surface area contributed by atoms with E-state index in [0.717, 1.165) is 66.3 Å². The molecule has 3 saturated carbocycles. The van der Waals surface area contributed by atoms with Gasteiger partial charge in [0.25, 0.3) is 6.26 Å². The molecule has 0 aliphatic heterocycles. The van der Waals surface area contributed by atoms with Gasteiger partial charge >= 0.3 is 23.0 Å². The molecule has 3 aromatic carbocycles. The van der Waals surface area contributed by atoms with Gasteiger partial charge in [0.1, 0.15) is 0 Å². The molecule has 7 rings (SSSR count). The molecule has 34 nitrogen and oxygen atoms in total. The van der Waals surface area contributed by atoms with Crippen LogP contribution in [-0.4, -0.2) is 135 Å². The number of ether oxygens (including phenoxy) is 1. The van der Waals surface area contributed by atoms with Gasteiger partial charge in [-0.3, -0.25) is 9.59 Å². The fourth-order valence-electron chi connectivity index (χ4n) is 15.1. The number of hydroxylamine groups is 2. The van der Waals surface area contributed by atoms with Crippen molar-refractivity contribution in [3.8, 4) is 6.26 Å². The Balaban J connectivity index is 0.000000348. The lowest BCUT2D eigenvalue weighted by Gasteiger charge is -2.49. The first-order valence-electron chi connectivity index (χ1n) is 37.1.